The molecule has 0 atom stereocenters. The highest BCUT2D eigenvalue weighted by molar-refractivity contribution is 7.92. The average molecular weight is 545 g/mol. The number of rotatable bonds is 7. The normalized spacial score (nSPS) is 13.8. The largest absolute Gasteiger partial charge is 0.354 e. The number of anilines is 3. The Morgan fingerprint density at radius 1 is 0.725 bits per heavy atom. The van der Waals surface area contributed by atoms with Crippen molar-refractivity contribution < 1.29 is 13.2 Å². The van der Waals surface area contributed by atoms with Crippen LogP contribution in [0.15, 0.2) is 132 Å². The van der Waals surface area contributed by atoms with E-state index >= 15 is 0 Å². The summed E-state index contributed by atoms with van der Waals surface area (Å²) in [6, 6.07) is 36.3. The Morgan fingerprint density at radius 2 is 1.43 bits per heavy atom. The van der Waals surface area contributed by atoms with Gasteiger partial charge >= 0.3 is 0 Å². The number of para-hydroxylation sites is 1. The van der Waals surface area contributed by atoms with Crippen molar-refractivity contribution in [3.63, 3.8) is 0 Å². The minimum Gasteiger partial charge on any atom is -0.354 e. The van der Waals surface area contributed by atoms with E-state index in [9.17, 15) is 13.2 Å². The maximum Gasteiger partial charge on any atom is 0.261 e. The minimum absolute atomic E-state index is 0.0521. The van der Waals surface area contributed by atoms with Crippen LogP contribution in [-0.4, -0.2) is 19.3 Å². The number of carbonyl (C=O) groups is 1. The summed E-state index contributed by atoms with van der Waals surface area (Å²) in [5.41, 5.74) is 5.78. The molecule has 2 heterocycles. The van der Waals surface area contributed by atoms with Crippen molar-refractivity contribution in [2.75, 3.05) is 15.4 Å². The minimum atomic E-state index is -3.89. The van der Waals surface area contributed by atoms with Crippen LogP contribution in [0.4, 0.5) is 17.1 Å². The number of aromatic nitrogens is 1. The summed E-state index contributed by atoms with van der Waals surface area (Å²) >= 11 is 0. The topological polar surface area (TPSA) is 100 Å². The molecule has 0 bridgehead atoms. The van der Waals surface area contributed by atoms with E-state index in [-0.39, 0.29) is 10.8 Å². The van der Waals surface area contributed by atoms with Crippen LogP contribution < -0.4 is 15.4 Å². The van der Waals surface area contributed by atoms with E-state index < -0.39 is 10.0 Å². The molecule has 1 aliphatic rings. The predicted octanol–water partition coefficient (Wildman–Crippen LogP) is 6.48. The van der Waals surface area contributed by atoms with Crippen LogP contribution >= 0.6 is 0 Å². The van der Waals surface area contributed by atoms with Gasteiger partial charge in [-0.15, -0.1) is 0 Å². The van der Waals surface area contributed by atoms with Crippen molar-refractivity contribution in [2.24, 2.45) is 0 Å². The summed E-state index contributed by atoms with van der Waals surface area (Å²) in [6.45, 7) is 0. The number of hydrogen-bond acceptors (Lipinski definition) is 5. The van der Waals surface area contributed by atoms with Crippen molar-refractivity contribution in [3.8, 4) is 11.3 Å². The lowest BCUT2D eigenvalue weighted by molar-refractivity contribution is -0.110. The maximum absolute atomic E-state index is 13.3. The summed E-state index contributed by atoms with van der Waals surface area (Å²) in [7, 11) is -3.89. The molecule has 0 fully saturated rings. The fraction of sp³-hybridized carbons (Fsp3) is 0. The summed E-state index contributed by atoms with van der Waals surface area (Å²) < 4.78 is 29.0. The van der Waals surface area contributed by atoms with Gasteiger partial charge in [-0.25, -0.2) is 8.42 Å². The Bertz CT molecular complexity index is 1820. The first-order valence-corrected chi connectivity index (χ1v) is 14.1. The number of fused-ring (bicyclic) bond motifs is 1. The van der Waals surface area contributed by atoms with Gasteiger partial charge in [0.15, 0.2) is 0 Å². The van der Waals surface area contributed by atoms with Gasteiger partial charge in [-0.2, -0.15) is 0 Å². The molecule has 3 N–H and O–H groups in total. The van der Waals surface area contributed by atoms with Gasteiger partial charge in [-0.05, 0) is 60.2 Å². The van der Waals surface area contributed by atoms with Gasteiger partial charge in [0.1, 0.15) is 0 Å². The zero-order chi connectivity index (χ0) is 27.5. The second kappa shape index (κ2) is 10.5. The molecule has 40 heavy (non-hydrogen) atoms. The lowest BCUT2D eigenvalue weighted by atomic mass is 10.00. The Hall–Kier alpha value is -5.21. The molecule has 0 aliphatic carbocycles. The van der Waals surface area contributed by atoms with E-state index in [1.807, 2.05) is 78.9 Å². The van der Waals surface area contributed by atoms with E-state index in [4.69, 9.17) is 0 Å². The molecule has 1 amide bonds. The van der Waals surface area contributed by atoms with Crippen LogP contribution in [0.5, 0.6) is 0 Å². The third-order valence-electron chi connectivity index (χ3n) is 6.50. The average Bonchev–Trinajstić information content (AvgIpc) is 3.32. The molecule has 8 heteroatoms. The maximum atomic E-state index is 13.3. The van der Waals surface area contributed by atoms with Crippen LogP contribution in [0, 0.1) is 0 Å². The summed E-state index contributed by atoms with van der Waals surface area (Å²) in [6.07, 6.45) is 1.75. The lowest BCUT2D eigenvalue weighted by Crippen LogP contribution is -2.13. The van der Waals surface area contributed by atoms with Gasteiger partial charge in [0.05, 0.1) is 21.9 Å². The molecular weight excluding hydrogens is 520 g/mol. The molecule has 1 aromatic heterocycles. The zero-order valence-electron chi connectivity index (χ0n) is 21.2. The predicted molar refractivity (Wildman–Crippen MR) is 159 cm³/mol. The number of nitrogens with zero attached hydrogens (tertiary/aromatic N) is 1. The first-order chi connectivity index (χ1) is 19.5. The van der Waals surface area contributed by atoms with Crippen molar-refractivity contribution >= 4 is 44.3 Å². The first-order valence-electron chi connectivity index (χ1n) is 12.6. The SMILES string of the molecule is O=C1Nc2ccc(S(=O)(=O)Nc3ccccc3)cc2C1=C(Nc1ccc(-c2ccccn2)cc1)c1ccccc1. The molecule has 0 saturated heterocycles. The Labute approximate surface area is 232 Å². The van der Waals surface area contributed by atoms with Gasteiger partial charge < -0.3 is 10.6 Å². The molecule has 196 valence electrons. The standard InChI is InChI=1S/C32H24N4O3S/c37-32-30(27-21-26(18-19-29(27)35-32)40(38,39)36-25-11-5-2-6-12-25)31(23-9-3-1-4-10-23)34-24-16-14-22(15-17-24)28-13-7-8-20-33-28/h1-21,34,36H,(H,35,37). The number of benzene rings is 4. The van der Waals surface area contributed by atoms with E-state index in [2.05, 4.69) is 20.3 Å². The van der Waals surface area contributed by atoms with Gasteiger partial charge in [0.2, 0.25) is 0 Å². The number of sulfonamides is 1. The van der Waals surface area contributed by atoms with Crippen LogP contribution in [0.25, 0.3) is 22.5 Å². The van der Waals surface area contributed by atoms with Crippen molar-refractivity contribution in [1.82, 2.24) is 4.98 Å². The number of pyridine rings is 1. The quantitative estimate of drug-likeness (QED) is 0.204. The third kappa shape index (κ3) is 5.08. The Balaban J connectivity index is 1.42. The fourth-order valence-electron chi connectivity index (χ4n) is 4.57. The Kier molecular flexibility index (Phi) is 6.59. The van der Waals surface area contributed by atoms with Crippen molar-refractivity contribution in [3.05, 3.63) is 139 Å². The molecule has 5 aromatic rings. The van der Waals surface area contributed by atoms with Crippen LogP contribution in [0.3, 0.4) is 0 Å². The molecule has 0 radical (unpaired) electrons. The molecule has 0 unspecified atom stereocenters. The van der Waals surface area contributed by atoms with Crippen LogP contribution in [0.1, 0.15) is 11.1 Å². The lowest BCUT2D eigenvalue weighted by Gasteiger charge is -2.15. The van der Waals surface area contributed by atoms with E-state index in [0.29, 0.717) is 28.2 Å². The smallest absolute Gasteiger partial charge is 0.261 e. The number of amides is 1. The molecule has 7 nitrogen and oxygen atoms in total. The highest BCUT2D eigenvalue weighted by atomic mass is 32.2. The number of nitrogens with one attached hydrogen (secondary N) is 3. The Morgan fingerprint density at radius 3 is 2.12 bits per heavy atom. The van der Waals surface area contributed by atoms with Crippen molar-refractivity contribution in [1.29, 1.82) is 0 Å². The molecule has 0 spiro atoms. The van der Waals surface area contributed by atoms with Gasteiger partial charge in [0, 0.05) is 34.4 Å². The second-order valence-corrected chi connectivity index (χ2v) is 10.8. The van der Waals surface area contributed by atoms with Gasteiger partial charge in [-0.1, -0.05) is 66.7 Å². The second-order valence-electron chi connectivity index (χ2n) is 9.17. The molecular formula is C32H24N4O3S. The van der Waals surface area contributed by atoms with Crippen LogP contribution in [0.2, 0.25) is 0 Å². The fourth-order valence-corrected chi connectivity index (χ4v) is 5.65. The molecule has 1 aliphatic heterocycles. The number of carbonyl (C=O) groups excluding carboxylic acids is 1. The summed E-state index contributed by atoms with van der Waals surface area (Å²) in [4.78, 5) is 17.8. The molecule has 4 aromatic carbocycles. The van der Waals surface area contributed by atoms with Gasteiger partial charge in [0.25, 0.3) is 15.9 Å². The first kappa shape index (κ1) is 25.1. The van der Waals surface area contributed by atoms with Gasteiger partial charge in [-0.3, -0.25) is 14.5 Å². The summed E-state index contributed by atoms with van der Waals surface area (Å²) in [5, 5.41) is 6.30. The third-order valence-corrected chi connectivity index (χ3v) is 7.88. The highest BCUT2D eigenvalue weighted by Crippen LogP contribution is 2.39. The van der Waals surface area contributed by atoms with E-state index in [1.54, 1.807) is 36.5 Å². The highest BCUT2D eigenvalue weighted by Gasteiger charge is 2.30. The van der Waals surface area contributed by atoms with Crippen LogP contribution in [-0.2, 0) is 14.8 Å². The summed E-state index contributed by atoms with van der Waals surface area (Å²) in [5.74, 6) is -0.322. The monoisotopic (exact) mass is 544 g/mol. The van der Waals surface area contributed by atoms with Crippen molar-refractivity contribution in [2.45, 2.75) is 4.90 Å². The van der Waals surface area contributed by atoms with E-state index in [1.165, 1.54) is 12.1 Å². The number of hydrogen-bond donors (Lipinski definition) is 3. The molecule has 6 rings (SSSR count). The molecule has 0 saturated carbocycles. The van der Waals surface area contributed by atoms with E-state index in [0.717, 1.165) is 22.5 Å². The zero-order valence-corrected chi connectivity index (χ0v) is 22.0.